The van der Waals surface area contributed by atoms with Crippen molar-refractivity contribution >= 4 is 20.9 Å². The van der Waals surface area contributed by atoms with E-state index in [1.54, 1.807) is 0 Å². The Kier molecular flexibility index (Phi) is 5.65. The van der Waals surface area contributed by atoms with Crippen molar-refractivity contribution < 1.29 is 32.1 Å². The maximum Gasteiger partial charge on any atom is 0.350 e. The highest BCUT2D eigenvalue weighted by molar-refractivity contribution is 7.72. The average molecular weight is 433 g/mol. The minimum atomic E-state index is -3.99. The summed E-state index contributed by atoms with van der Waals surface area (Å²) < 4.78 is 49.6. The molecule has 0 bridgehead atoms. The summed E-state index contributed by atoms with van der Waals surface area (Å²) in [5, 5.41) is 9.80. The Morgan fingerprint density at radius 2 is 1.36 bits per heavy atom. The molecule has 0 atom stereocenters. The SMILES string of the molecule is CC1(C)COP(=O)(C(c2cccc([N+](=O)[O-])c2)P2(=O)OCC(C)(C)CO2)OC1. The van der Waals surface area contributed by atoms with E-state index < -0.39 is 25.5 Å². The lowest BCUT2D eigenvalue weighted by atomic mass is 9.97. The molecule has 0 aliphatic carbocycles. The van der Waals surface area contributed by atoms with Crippen LogP contribution in [0.1, 0.15) is 38.7 Å². The molecule has 11 heteroatoms. The number of nitro groups is 1. The van der Waals surface area contributed by atoms with E-state index >= 15 is 0 Å². The first-order valence-corrected chi connectivity index (χ1v) is 12.1. The number of nitrogens with zero attached hydrogens (tertiary/aromatic N) is 1. The van der Waals surface area contributed by atoms with Crippen LogP contribution in [0.15, 0.2) is 24.3 Å². The third-order valence-corrected chi connectivity index (χ3v) is 9.97. The van der Waals surface area contributed by atoms with Crippen LogP contribution in [0, 0.1) is 20.9 Å². The summed E-state index contributed by atoms with van der Waals surface area (Å²) in [7, 11) is -7.97. The largest absolute Gasteiger partial charge is 0.350 e. The number of hydrogen-bond donors (Lipinski definition) is 0. The molecular formula is C17H25NO8P2. The summed E-state index contributed by atoms with van der Waals surface area (Å²) in [6.45, 7) is 8.05. The van der Waals surface area contributed by atoms with E-state index in [9.17, 15) is 19.2 Å². The molecule has 2 aliphatic heterocycles. The lowest BCUT2D eigenvalue weighted by Gasteiger charge is -2.42. The van der Waals surface area contributed by atoms with Gasteiger partial charge in [-0.25, -0.2) is 0 Å². The molecule has 2 fully saturated rings. The van der Waals surface area contributed by atoms with E-state index in [1.165, 1.54) is 24.3 Å². The van der Waals surface area contributed by atoms with E-state index in [-0.39, 0.29) is 48.5 Å². The van der Waals surface area contributed by atoms with E-state index in [0.29, 0.717) is 0 Å². The summed E-state index contributed by atoms with van der Waals surface area (Å²) >= 11 is 0. The zero-order valence-corrected chi connectivity index (χ0v) is 18.1. The zero-order valence-electron chi connectivity index (χ0n) is 16.3. The van der Waals surface area contributed by atoms with Crippen LogP contribution in [0.4, 0.5) is 5.69 Å². The Balaban J connectivity index is 2.05. The zero-order chi connectivity index (χ0) is 20.8. The Morgan fingerprint density at radius 3 is 1.75 bits per heavy atom. The summed E-state index contributed by atoms with van der Waals surface area (Å²) in [6, 6.07) is 5.43. The first kappa shape index (κ1) is 21.6. The topological polar surface area (TPSA) is 114 Å². The number of hydrogen-bond acceptors (Lipinski definition) is 8. The van der Waals surface area contributed by atoms with Crippen LogP contribution in [0.5, 0.6) is 0 Å². The highest BCUT2D eigenvalue weighted by Gasteiger charge is 2.57. The summed E-state index contributed by atoms with van der Waals surface area (Å²) in [6.07, 6.45) is 0. The standard InChI is InChI=1S/C17H25NO8P2/c1-16(2)9-23-27(21,24-10-16)15(13-6-5-7-14(8-13)18(19)20)28(22)25-11-17(3,4)12-26-28/h5-8,15H,9-12H2,1-4H3. The minimum Gasteiger partial charge on any atom is -0.307 e. The van der Waals surface area contributed by atoms with Gasteiger partial charge >= 0.3 is 15.2 Å². The minimum absolute atomic E-state index is 0.126. The average Bonchev–Trinajstić information content (AvgIpc) is 2.61. The molecule has 9 nitrogen and oxygen atoms in total. The van der Waals surface area contributed by atoms with Gasteiger partial charge in [0.2, 0.25) is 0 Å². The van der Waals surface area contributed by atoms with Gasteiger partial charge in [0.25, 0.3) is 5.69 Å². The molecule has 3 rings (SSSR count). The molecule has 0 aromatic heterocycles. The first-order chi connectivity index (χ1) is 12.9. The van der Waals surface area contributed by atoms with E-state index in [2.05, 4.69) is 0 Å². The fraction of sp³-hybridized carbons (Fsp3) is 0.647. The van der Waals surface area contributed by atoms with Crippen LogP contribution >= 0.6 is 15.2 Å². The third-order valence-electron chi connectivity index (χ3n) is 4.52. The maximum atomic E-state index is 13.6. The van der Waals surface area contributed by atoms with Crippen molar-refractivity contribution in [3.05, 3.63) is 39.9 Å². The van der Waals surface area contributed by atoms with E-state index in [4.69, 9.17) is 18.1 Å². The van der Waals surface area contributed by atoms with Gasteiger partial charge in [0, 0.05) is 23.0 Å². The van der Waals surface area contributed by atoms with Gasteiger partial charge in [0.1, 0.15) is 0 Å². The molecule has 156 valence electrons. The monoisotopic (exact) mass is 433 g/mol. The highest BCUT2D eigenvalue weighted by Crippen LogP contribution is 2.80. The first-order valence-electron chi connectivity index (χ1n) is 8.88. The second-order valence-corrected chi connectivity index (χ2v) is 13.4. The van der Waals surface area contributed by atoms with Crippen molar-refractivity contribution in [2.24, 2.45) is 10.8 Å². The Hall–Kier alpha value is -1.08. The molecular weight excluding hydrogens is 408 g/mol. The number of benzene rings is 1. The third kappa shape index (κ3) is 4.40. The Labute approximate surface area is 163 Å². The van der Waals surface area contributed by atoms with Gasteiger partial charge < -0.3 is 18.1 Å². The van der Waals surface area contributed by atoms with Crippen LogP contribution in [-0.4, -0.2) is 31.4 Å². The summed E-state index contributed by atoms with van der Waals surface area (Å²) in [5.41, 5.74) is -0.798. The molecule has 2 aliphatic rings. The molecule has 0 radical (unpaired) electrons. The van der Waals surface area contributed by atoms with Gasteiger partial charge in [-0.2, -0.15) is 0 Å². The smallest absolute Gasteiger partial charge is 0.307 e. The fourth-order valence-electron chi connectivity index (χ4n) is 2.84. The van der Waals surface area contributed by atoms with E-state index in [1.807, 2.05) is 27.7 Å². The summed E-state index contributed by atoms with van der Waals surface area (Å²) in [4.78, 5) is 10.6. The molecule has 2 heterocycles. The van der Waals surface area contributed by atoms with Crippen molar-refractivity contribution in [3.63, 3.8) is 0 Å². The van der Waals surface area contributed by atoms with Crippen molar-refractivity contribution in [1.29, 1.82) is 0 Å². The van der Waals surface area contributed by atoms with Gasteiger partial charge in [0.05, 0.1) is 31.4 Å². The van der Waals surface area contributed by atoms with Crippen LogP contribution < -0.4 is 0 Å². The predicted molar refractivity (Wildman–Crippen MR) is 102 cm³/mol. The highest BCUT2D eigenvalue weighted by atomic mass is 31.2. The molecule has 0 unspecified atom stereocenters. The summed E-state index contributed by atoms with van der Waals surface area (Å²) in [5.74, 6) is 0. The van der Waals surface area contributed by atoms with Crippen LogP contribution in [0.3, 0.4) is 0 Å². The predicted octanol–water partition coefficient (Wildman–Crippen LogP) is 5.13. The second-order valence-electron chi connectivity index (χ2n) is 8.73. The molecule has 0 saturated carbocycles. The Morgan fingerprint density at radius 1 is 0.929 bits per heavy atom. The van der Waals surface area contributed by atoms with Gasteiger partial charge in [-0.05, 0) is 5.56 Å². The fourth-order valence-corrected chi connectivity index (χ4v) is 8.91. The van der Waals surface area contributed by atoms with Crippen molar-refractivity contribution in [3.8, 4) is 0 Å². The lowest BCUT2D eigenvalue weighted by Crippen LogP contribution is -2.33. The van der Waals surface area contributed by atoms with Crippen molar-refractivity contribution in [1.82, 2.24) is 0 Å². The molecule has 1 aromatic rings. The second kappa shape index (κ2) is 7.31. The molecule has 0 N–H and O–H groups in total. The number of non-ortho nitro benzene ring substituents is 1. The number of rotatable bonds is 4. The molecule has 2 saturated heterocycles. The molecule has 1 aromatic carbocycles. The van der Waals surface area contributed by atoms with Crippen LogP contribution in [0.2, 0.25) is 0 Å². The number of nitro benzene ring substituents is 1. The van der Waals surface area contributed by atoms with Gasteiger partial charge in [-0.1, -0.05) is 39.8 Å². The normalized spacial score (nSPS) is 25.3. The Bertz CT molecular complexity index is 798. The van der Waals surface area contributed by atoms with Crippen molar-refractivity contribution in [2.45, 2.75) is 33.1 Å². The van der Waals surface area contributed by atoms with Gasteiger partial charge in [0.15, 0.2) is 5.40 Å². The van der Waals surface area contributed by atoms with E-state index in [0.717, 1.165) is 0 Å². The molecule has 0 amide bonds. The van der Waals surface area contributed by atoms with Gasteiger partial charge in [-0.3, -0.25) is 19.2 Å². The molecule has 28 heavy (non-hydrogen) atoms. The van der Waals surface area contributed by atoms with Gasteiger partial charge in [-0.15, -0.1) is 0 Å². The quantitative estimate of drug-likeness (QED) is 0.365. The van der Waals surface area contributed by atoms with Crippen LogP contribution in [0.25, 0.3) is 0 Å². The van der Waals surface area contributed by atoms with Crippen LogP contribution in [-0.2, 0) is 27.2 Å². The maximum absolute atomic E-state index is 13.6. The molecule has 0 spiro atoms. The van der Waals surface area contributed by atoms with Crippen molar-refractivity contribution in [2.75, 3.05) is 26.4 Å². The lowest BCUT2D eigenvalue weighted by molar-refractivity contribution is -0.384.